The van der Waals surface area contributed by atoms with Gasteiger partial charge in [-0.2, -0.15) is 0 Å². The van der Waals surface area contributed by atoms with Crippen LogP contribution in [0.3, 0.4) is 0 Å². The third-order valence-corrected chi connectivity index (χ3v) is 2.86. The molecule has 0 aliphatic carbocycles. The lowest BCUT2D eigenvalue weighted by Crippen LogP contribution is -2.33. The summed E-state index contributed by atoms with van der Waals surface area (Å²) in [5.41, 5.74) is 7.87. The first-order valence-electron chi connectivity index (χ1n) is 6.24. The van der Waals surface area contributed by atoms with Crippen molar-refractivity contribution in [2.24, 2.45) is 11.7 Å². The fourth-order valence-corrected chi connectivity index (χ4v) is 1.69. The van der Waals surface area contributed by atoms with E-state index in [1.807, 2.05) is 39.2 Å². The van der Waals surface area contributed by atoms with Crippen molar-refractivity contribution in [1.82, 2.24) is 10.2 Å². The van der Waals surface area contributed by atoms with Crippen LogP contribution in [0.5, 0.6) is 0 Å². The number of nitrogens with one attached hydrogen (secondary N) is 1. The number of halogens is 2. The summed E-state index contributed by atoms with van der Waals surface area (Å²) in [6, 6.07) is 8.15. The van der Waals surface area contributed by atoms with E-state index >= 15 is 0 Å². The Morgan fingerprint density at radius 2 is 1.80 bits per heavy atom. The molecular formula is C14H25Cl2N3O. The molecular weight excluding hydrogens is 297 g/mol. The van der Waals surface area contributed by atoms with E-state index in [0.717, 1.165) is 12.1 Å². The molecule has 1 rings (SSSR count). The molecule has 1 atom stereocenters. The van der Waals surface area contributed by atoms with Crippen molar-refractivity contribution in [2.75, 3.05) is 20.6 Å². The average molecular weight is 322 g/mol. The molecule has 0 radical (unpaired) electrons. The Balaban J connectivity index is 0. The zero-order valence-electron chi connectivity index (χ0n) is 12.3. The predicted molar refractivity (Wildman–Crippen MR) is 88.4 cm³/mol. The normalized spacial score (nSPS) is 11.2. The molecule has 1 amide bonds. The minimum absolute atomic E-state index is 0. The molecule has 0 bridgehead atoms. The summed E-state index contributed by atoms with van der Waals surface area (Å²) >= 11 is 0. The van der Waals surface area contributed by atoms with Crippen molar-refractivity contribution in [2.45, 2.75) is 20.0 Å². The van der Waals surface area contributed by atoms with E-state index in [2.05, 4.69) is 16.3 Å². The Morgan fingerprint density at radius 3 is 2.30 bits per heavy atom. The predicted octanol–water partition coefficient (Wildman–Crippen LogP) is 1.80. The molecule has 0 fully saturated rings. The van der Waals surface area contributed by atoms with Crippen LogP contribution in [0.4, 0.5) is 0 Å². The highest BCUT2D eigenvalue weighted by atomic mass is 35.5. The van der Waals surface area contributed by atoms with E-state index in [1.54, 1.807) is 0 Å². The highest BCUT2D eigenvalue weighted by molar-refractivity contribution is 5.85. The van der Waals surface area contributed by atoms with Gasteiger partial charge >= 0.3 is 0 Å². The van der Waals surface area contributed by atoms with Crippen LogP contribution in [0.25, 0.3) is 0 Å². The van der Waals surface area contributed by atoms with E-state index in [0.29, 0.717) is 13.1 Å². The lowest BCUT2D eigenvalue weighted by atomic mass is 10.1. The Labute approximate surface area is 133 Å². The molecule has 0 saturated heterocycles. The summed E-state index contributed by atoms with van der Waals surface area (Å²) in [6.07, 6.45) is 0. The number of carbonyl (C=O) groups excluding carboxylic acids is 1. The van der Waals surface area contributed by atoms with E-state index in [-0.39, 0.29) is 36.6 Å². The van der Waals surface area contributed by atoms with Gasteiger partial charge in [0.2, 0.25) is 5.91 Å². The minimum Gasteiger partial charge on any atom is -0.352 e. The van der Waals surface area contributed by atoms with Gasteiger partial charge in [-0.1, -0.05) is 31.2 Å². The summed E-state index contributed by atoms with van der Waals surface area (Å²) in [4.78, 5) is 13.8. The first kappa shape index (κ1) is 21.5. The van der Waals surface area contributed by atoms with Crippen LogP contribution < -0.4 is 11.1 Å². The van der Waals surface area contributed by atoms with Crippen LogP contribution >= 0.6 is 24.8 Å². The van der Waals surface area contributed by atoms with Crippen LogP contribution in [0.15, 0.2) is 24.3 Å². The highest BCUT2D eigenvalue weighted by Gasteiger charge is 2.11. The van der Waals surface area contributed by atoms with Crippen molar-refractivity contribution in [1.29, 1.82) is 0 Å². The van der Waals surface area contributed by atoms with Crippen molar-refractivity contribution in [3.63, 3.8) is 0 Å². The summed E-state index contributed by atoms with van der Waals surface area (Å²) in [6.45, 7) is 3.65. The first-order valence-corrected chi connectivity index (χ1v) is 6.24. The van der Waals surface area contributed by atoms with Crippen molar-refractivity contribution >= 4 is 30.7 Å². The molecule has 1 aromatic carbocycles. The summed E-state index contributed by atoms with van der Waals surface area (Å²) in [7, 11) is 4.07. The monoisotopic (exact) mass is 321 g/mol. The van der Waals surface area contributed by atoms with Gasteiger partial charge in [0.1, 0.15) is 0 Å². The zero-order chi connectivity index (χ0) is 13.5. The summed E-state index contributed by atoms with van der Waals surface area (Å²) < 4.78 is 0. The van der Waals surface area contributed by atoms with Gasteiger partial charge in [0, 0.05) is 25.6 Å². The van der Waals surface area contributed by atoms with E-state index < -0.39 is 0 Å². The second-order valence-electron chi connectivity index (χ2n) is 4.86. The number of nitrogens with zero attached hydrogens (tertiary/aromatic N) is 1. The molecule has 1 aromatic rings. The number of amides is 1. The summed E-state index contributed by atoms with van der Waals surface area (Å²) in [5, 5.41) is 2.93. The molecule has 0 aliphatic heterocycles. The molecule has 6 heteroatoms. The standard InChI is InChI=1S/C14H23N3O.2ClH/c1-11(8-15)14(18)16-9-12-6-4-5-7-13(12)10-17(2)3;;/h4-7,11H,8-10,15H2,1-3H3,(H,16,18);2*1H. The maximum absolute atomic E-state index is 11.7. The molecule has 20 heavy (non-hydrogen) atoms. The fourth-order valence-electron chi connectivity index (χ4n) is 1.69. The molecule has 0 saturated carbocycles. The lowest BCUT2D eigenvalue weighted by molar-refractivity contribution is -0.124. The quantitative estimate of drug-likeness (QED) is 0.840. The van der Waals surface area contributed by atoms with Gasteiger partial charge in [-0.3, -0.25) is 4.79 Å². The number of hydrogen-bond acceptors (Lipinski definition) is 3. The number of benzene rings is 1. The number of nitrogens with two attached hydrogens (primary N) is 1. The first-order chi connectivity index (χ1) is 8.54. The maximum atomic E-state index is 11.7. The average Bonchev–Trinajstić information content (AvgIpc) is 2.35. The van der Waals surface area contributed by atoms with Crippen LogP contribution in [0.2, 0.25) is 0 Å². The van der Waals surface area contributed by atoms with Crippen LogP contribution in [0, 0.1) is 5.92 Å². The highest BCUT2D eigenvalue weighted by Crippen LogP contribution is 2.10. The Morgan fingerprint density at radius 1 is 1.25 bits per heavy atom. The van der Waals surface area contributed by atoms with Crippen LogP contribution in [-0.4, -0.2) is 31.4 Å². The number of carbonyl (C=O) groups is 1. The molecule has 3 N–H and O–H groups in total. The van der Waals surface area contributed by atoms with E-state index in [9.17, 15) is 4.79 Å². The lowest BCUT2D eigenvalue weighted by Gasteiger charge is -2.15. The van der Waals surface area contributed by atoms with Gasteiger partial charge < -0.3 is 16.0 Å². The second-order valence-corrected chi connectivity index (χ2v) is 4.86. The van der Waals surface area contributed by atoms with Crippen LogP contribution in [-0.2, 0) is 17.9 Å². The maximum Gasteiger partial charge on any atom is 0.224 e. The SMILES string of the molecule is CC(CN)C(=O)NCc1ccccc1CN(C)C.Cl.Cl. The topological polar surface area (TPSA) is 58.4 Å². The fraction of sp³-hybridized carbons (Fsp3) is 0.500. The van der Waals surface area contributed by atoms with Crippen LogP contribution in [0.1, 0.15) is 18.1 Å². The Kier molecular flexibility index (Phi) is 11.7. The van der Waals surface area contributed by atoms with Gasteiger partial charge in [-0.15, -0.1) is 24.8 Å². The third kappa shape index (κ3) is 7.10. The Hall–Kier alpha value is -0.810. The van der Waals surface area contributed by atoms with Gasteiger partial charge in [0.25, 0.3) is 0 Å². The molecule has 1 unspecified atom stereocenters. The van der Waals surface area contributed by atoms with Gasteiger partial charge in [-0.25, -0.2) is 0 Å². The van der Waals surface area contributed by atoms with E-state index in [4.69, 9.17) is 5.73 Å². The third-order valence-electron chi connectivity index (χ3n) is 2.86. The molecule has 0 aliphatic rings. The largest absolute Gasteiger partial charge is 0.352 e. The minimum atomic E-state index is -0.133. The smallest absolute Gasteiger partial charge is 0.224 e. The van der Waals surface area contributed by atoms with Gasteiger partial charge in [0.15, 0.2) is 0 Å². The number of hydrogen-bond donors (Lipinski definition) is 2. The van der Waals surface area contributed by atoms with Crippen molar-refractivity contribution in [3.05, 3.63) is 35.4 Å². The summed E-state index contributed by atoms with van der Waals surface area (Å²) in [5.74, 6) is -0.122. The number of rotatable bonds is 6. The molecule has 0 heterocycles. The molecule has 0 aromatic heterocycles. The van der Waals surface area contributed by atoms with E-state index in [1.165, 1.54) is 5.56 Å². The zero-order valence-corrected chi connectivity index (χ0v) is 13.9. The molecule has 4 nitrogen and oxygen atoms in total. The van der Waals surface area contributed by atoms with Crippen molar-refractivity contribution in [3.8, 4) is 0 Å². The second kappa shape index (κ2) is 10.9. The molecule has 116 valence electrons. The Bertz CT molecular complexity index is 400. The van der Waals surface area contributed by atoms with Gasteiger partial charge in [0.05, 0.1) is 0 Å². The van der Waals surface area contributed by atoms with Crippen molar-refractivity contribution < 1.29 is 4.79 Å². The van der Waals surface area contributed by atoms with Gasteiger partial charge in [-0.05, 0) is 25.2 Å². The molecule has 0 spiro atoms.